The lowest BCUT2D eigenvalue weighted by Crippen LogP contribution is -2.35. The molecule has 116 valence electrons. The highest BCUT2D eigenvalue weighted by Gasteiger charge is 2.41. The van der Waals surface area contributed by atoms with E-state index >= 15 is 0 Å². The Labute approximate surface area is 129 Å². The lowest BCUT2D eigenvalue weighted by Gasteiger charge is -2.22. The molecule has 0 unspecified atom stereocenters. The summed E-state index contributed by atoms with van der Waals surface area (Å²) < 4.78 is 31.8. The van der Waals surface area contributed by atoms with Gasteiger partial charge in [-0.15, -0.1) is 0 Å². The fourth-order valence-electron chi connectivity index (χ4n) is 3.24. The van der Waals surface area contributed by atoms with Crippen LogP contribution < -0.4 is 4.90 Å². The van der Waals surface area contributed by atoms with Crippen LogP contribution in [-0.2, 0) is 15.5 Å². The van der Waals surface area contributed by atoms with Crippen molar-refractivity contribution in [1.82, 2.24) is 0 Å². The minimum Gasteiger partial charge on any atom is -0.330 e. The monoisotopic (exact) mass is 318 g/mol. The van der Waals surface area contributed by atoms with E-state index in [0.29, 0.717) is 12.4 Å². The number of nitrogens with one attached hydrogen (secondary N) is 1. The maximum atomic E-state index is 11.3. The van der Waals surface area contributed by atoms with Gasteiger partial charge < -0.3 is 4.90 Å². The molecule has 0 radical (unpaired) electrons. The minimum atomic E-state index is -4.22. The number of rotatable bonds is 2. The van der Waals surface area contributed by atoms with Gasteiger partial charge in [-0.3, -0.25) is 9.96 Å². The molecule has 3 rings (SSSR count). The number of amidine groups is 1. The molecule has 1 aliphatic heterocycles. The smallest absolute Gasteiger partial charge is 0.294 e. The molecular weight excluding hydrogens is 300 g/mol. The van der Waals surface area contributed by atoms with E-state index in [1.54, 1.807) is 6.07 Å². The molecule has 1 aliphatic rings. The van der Waals surface area contributed by atoms with Gasteiger partial charge in [0.1, 0.15) is 5.84 Å². The van der Waals surface area contributed by atoms with Gasteiger partial charge in [0.25, 0.3) is 10.1 Å². The van der Waals surface area contributed by atoms with Gasteiger partial charge in [-0.05, 0) is 55.3 Å². The second-order valence-corrected chi connectivity index (χ2v) is 7.46. The molecule has 22 heavy (non-hydrogen) atoms. The van der Waals surface area contributed by atoms with Gasteiger partial charge in [0, 0.05) is 17.6 Å². The predicted molar refractivity (Wildman–Crippen MR) is 87.5 cm³/mol. The summed E-state index contributed by atoms with van der Waals surface area (Å²) in [5.41, 5.74) is 1.58. The zero-order valence-corrected chi connectivity index (χ0v) is 13.5. The van der Waals surface area contributed by atoms with Crippen LogP contribution in [0.3, 0.4) is 0 Å². The van der Waals surface area contributed by atoms with Crippen LogP contribution in [0.15, 0.2) is 35.2 Å². The molecular formula is C16H18N2O3S. The summed E-state index contributed by atoms with van der Waals surface area (Å²) in [5, 5.41) is 10.1. The first kappa shape index (κ1) is 15.0. The average molecular weight is 318 g/mol. The van der Waals surface area contributed by atoms with Gasteiger partial charge in [0.05, 0.1) is 4.90 Å². The second-order valence-electron chi connectivity index (χ2n) is 6.04. The summed E-state index contributed by atoms with van der Waals surface area (Å²) in [7, 11) is -4.22. The van der Waals surface area contributed by atoms with Gasteiger partial charge >= 0.3 is 0 Å². The normalized spacial score (nSPS) is 17.1. The maximum Gasteiger partial charge on any atom is 0.294 e. The highest BCUT2D eigenvalue weighted by molar-refractivity contribution is 7.85. The van der Waals surface area contributed by atoms with Crippen molar-refractivity contribution >= 4 is 32.4 Å². The van der Waals surface area contributed by atoms with E-state index in [9.17, 15) is 13.0 Å². The molecule has 0 bridgehead atoms. The van der Waals surface area contributed by atoms with Crippen LogP contribution in [0.1, 0.15) is 26.3 Å². The summed E-state index contributed by atoms with van der Waals surface area (Å²) in [5.74, 6) is 0.538. The van der Waals surface area contributed by atoms with Crippen molar-refractivity contribution in [2.75, 3.05) is 11.4 Å². The predicted octanol–water partition coefficient (Wildman–Crippen LogP) is 3.18. The number of benzene rings is 2. The number of fused-ring (bicyclic) bond motifs is 3. The fraction of sp³-hybridized carbons (Fsp3) is 0.312. The van der Waals surface area contributed by atoms with Gasteiger partial charge in [-0.2, -0.15) is 8.42 Å². The number of anilines is 1. The van der Waals surface area contributed by atoms with Gasteiger partial charge in [0.15, 0.2) is 0 Å². The molecule has 2 N–H and O–H groups in total. The van der Waals surface area contributed by atoms with E-state index in [1.165, 1.54) is 12.1 Å². The molecule has 0 saturated carbocycles. The highest BCUT2D eigenvalue weighted by atomic mass is 32.2. The van der Waals surface area contributed by atoms with Gasteiger partial charge in [-0.1, -0.05) is 12.1 Å². The fourth-order valence-corrected chi connectivity index (χ4v) is 3.76. The summed E-state index contributed by atoms with van der Waals surface area (Å²) in [6.07, 6.45) is 0. The topological polar surface area (TPSA) is 81.5 Å². The standard InChI is InChI=1S/C16H18N2O3S/c1-4-18-13-8-5-10-9-11(22(19,20)21)6-7-12(10)14(13)16(2,3)15(18)17/h5-9,17H,4H2,1-3H3,(H,19,20,21). The Morgan fingerprint density at radius 2 is 1.91 bits per heavy atom. The third kappa shape index (κ3) is 1.94. The Bertz CT molecular complexity index is 901. The quantitative estimate of drug-likeness (QED) is 0.833. The number of hydrogen-bond acceptors (Lipinski definition) is 3. The largest absolute Gasteiger partial charge is 0.330 e. The molecule has 2 aromatic carbocycles. The molecule has 0 atom stereocenters. The van der Waals surface area contributed by atoms with E-state index in [2.05, 4.69) is 0 Å². The molecule has 0 saturated heterocycles. The summed E-state index contributed by atoms with van der Waals surface area (Å²) in [6, 6.07) is 8.34. The molecule has 0 fully saturated rings. The number of nitrogens with zero attached hydrogens (tertiary/aromatic N) is 1. The van der Waals surface area contributed by atoms with Crippen LogP contribution in [0.25, 0.3) is 10.8 Å². The van der Waals surface area contributed by atoms with E-state index in [4.69, 9.17) is 5.41 Å². The molecule has 0 amide bonds. The van der Waals surface area contributed by atoms with Crippen molar-refractivity contribution < 1.29 is 13.0 Å². The van der Waals surface area contributed by atoms with Gasteiger partial charge in [0.2, 0.25) is 0 Å². The zero-order chi connectivity index (χ0) is 16.3. The van der Waals surface area contributed by atoms with Crippen molar-refractivity contribution in [3.8, 4) is 0 Å². The van der Waals surface area contributed by atoms with Crippen LogP contribution in [0.2, 0.25) is 0 Å². The molecule has 0 spiro atoms. The zero-order valence-electron chi connectivity index (χ0n) is 12.7. The maximum absolute atomic E-state index is 11.3. The Hall–Kier alpha value is -1.92. The summed E-state index contributed by atoms with van der Waals surface area (Å²) >= 11 is 0. The first-order chi connectivity index (χ1) is 10.2. The van der Waals surface area contributed by atoms with Crippen molar-refractivity contribution in [2.24, 2.45) is 0 Å². The van der Waals surface area contributed by atoms with Crippen molar-refractivity contribution in [2.45, 2.75) is 31.1 Å². The van der Waals surface area contributed by atoms with E-state index in [-0.39, 0.29) is 4.90 Å². The number of hydrogen-bond donors (Lipinski definition) is 2. The Kier molecular flexibility index (Phi) is 3.09. The van der Waals surface area contributed by atoms with Crippen molar-refractivity contribution in [1.29, 1.82) is 5.41 Å². The molecule has 0 aromatic heterocycles. The first-order valence-corrected chi connectivity index (χ1v) is 8.53. The average Bonchev–Trinajstić information content (AvgIpc) is 2.64. The van der Waals surface area contributed by atoms with Crippen LogP contribution in [0, 0.1) is 5.41 Å². The Morgan fingerprint density at radius 3 is 2.50 bits per heavy atom. The molecule has 0 aliphatic carbocycles. The molecule has 6 heteroatoms. The summed E-state index contributed by atoms with van der Waals surface area (Å²) in [6.45, 7) is 6.72. The second kappa shape index (κ2) is 4.54. The van der Waals surface area contributed by atoms with E-state index in [0.717, 1.165) is 22.0 Å². The SMILES string of the molecule is CCN1C(=N)C(C)(C)c2c1ccc1cc(S(=O)(=O)O)ccc21. The Balaban J connectivity index is 2.35. The lowest BCUT2D eigenvalue weighted by atomic mass is 9.83. The first-order valence-electron chi connectivity index (χ1n) is 7.09. The van der Waals surface area contributed by atoms with E-state index in [1.807, 2.05) is 37.8 Å². The minimum absolute atomic E-state index is 0.113. The molecule has 5 nitrogen and oxygen atoms in total. The van der Waals surface area contributed by atoms with Crippen LogP contribution in [0.5, 0.6) is 0 Å². The van der Waals surface area contributed by atoms with Crippen LogP contribution in [0.4, 0.5) is 5.69 Å². The highest BCUT2D eigenvalue weighted by Crippen LogP contribution is 2.45. The molecule has 1 heterocycles. The summed E-state index contributed by atoms with van der Waals surface area (Å²) in [4.78, 5) is 1.85. The van der Waals surface area contributed by atoms with Crippen LogP contribution >= 0.6 is 0 Å². The third-order valence-corrected chi connectivity index (χ3v) is 5.21. The third-order valence-electron chi connectivity index (χ3n) is 4.36. The van der Waals surface area contributed by atoms with Crippen LogP contribution in [-0.4, -0.2) is 25.4 Å². The number of likely N-dealkylation sites (N-methyl/N-ethyl adjacent to an activating group) is 1. The van der Waals surface area contributed by atoms with Crippen molar-refractivity contribution in [3.63, 3.8) is 0 Å². The van der Waals surface area contributed by atoms with E-state index < -0.39 is 15.5 Å². The molecule has 2 aromatic rings. The Morgan fingerprint density at radius 1 is 1.23 bits per heavy atom. The van der Waals surface area contributed by atoms with Gasteiger partial charge in [-0.25, -0.2) is 0 Å². The van der Waals surface area contributed by atoms with Crippen molar-refractivity contribution in [3.05, 3.63) is 35.9 Å². The lowest BCUT2D eigenvalue weighted by molar-refractivity contribution is 0.483.